The highest BCUT2D eigenvalue weighted by Gasteiger charge is 2.12. The summed E-state index contributed by atoms with van der Waals surface area (Å²) in [5.74, 6) is -0.192. The number of anilines is 1. The Morgan fingerprint density at radius 2 is 1.92 bits per heavy atom. The number of hydrogen-bond acceptors (Lipinski definition) is 1. The SMILES string of the molecule is Fc1ccc(N2CCCC2)cc1Br. The van der Waals surface area contributed by atoms with Gasteiger partial charge in [0.2, 0.25) is 0 Å². The Morgan fingerprint density at radius 1 is 1.23 bits per heavy atom. The molecule has 0 amide bonds. The fourth-order valence-electron chi connectivity index (χ4n) is 1.66. The minimum absolute atomic E-state index is 0.192. The second-order valence-electron chi connectivity index (χ2n) is 3.29. The second kappa shape index (κ2) is 3.66. The lowest BCUT2D eigenvalue weighted by Gasteiger charge is -2.17. The van der Waals surface area contributed by atoms with Crippen LogP contribution in [0.1, 0.15) is 12.8 Å². The zero-order chi connectivity index (χ0) is 9.26. The summed E-state index contributed by atoms with van der Waals surface area (Å²) < 4.78 is 13.5. The van der Waals surface area contributed by atoms with Crippen LogP contribution in [0.3, 0.4) is 0 Å². The van der Waals surface area contributed by atoms with Gasteiger partial charge in [-0.2, -0.15) is 0 Å². The quantitative estimate of drug-likeness (QED) is 0.733. The Labute approximate surface area is 85.7 Å². The van der Waals surface area contributed by atoms with Gasteiger partial charge in [0.25, 0.3) is 0 Å². The van der Waals surface area contributed by atoms with E-state index in [0.29, 0.717) is 4.47 Å². The van der Waals surface area contributed by atoms with Crippen molar-refractivity contribution in [2.45, 2.75) is 12.8 Å². The van der Waals surface area contributed by atoms with E-state index in [2.05, 4.69) is 20.8 Å². The second-order valence-corrected chi connectivity index (χ2v) is 4.15. The first-order valence-electron chi connectivity index (χ1n) is 4.47. The third kappa shape index (κ3) is 1.85. The summed E-state index contributed by atoms with van der Waals surface area (Å²) in [5, 5.41) is 0. The van der Waals surface area contributed by atoms with Crippen molar-refractivity contribution < 1.29 is 4.39 Å². The Kier molecular flexibility index (Phi) is 2.54. The number of halogens is 2. The zero-order valence-corrected chi connectivity index (χ0v) is 8.85. The predicted molar refractivity (Wildman–Crippen MR) is 55.5 cm³/mol. The summed E-state index contributed by atoms with van der Waals surface area (Å²) in [4.78, 5) is 2.28. The van der Waals surface area contributed by atoms with E-state index in [-0.39, 0.29) is 5.82 Å². The average molecular weight is 244 g/mol. The lowest BCUT2D eigenvalue weighted by atomic mass is 10.3. The highest BCUT2D eigenvalue weighted by atomic mass is 79.9. The van der Waals surface area contributed by atoms with Gasteiger partial charge < -0.3 is 4.90 Å². The maximum atomic E-state index is 12.9. The zero-order valence-electron chi connectivity index (χ0n) is 7.26. The van der Waals surface area contributed by atoms with Gasteiger partial charge in [-0.25, -0.2) is 4.39 Å². The molecule has 0 aliphatic carbocycles. The normalized spacial score (nSPS) is 16.6. The molecule has 1 aliphatic heterocycles. The van der Waals surface area contributed by atoms with Crippen molar-refractivity contribution in [3.8, 4) is 0 Å². The molecular formula is C10H11BrFN. The Bertz CT molecular complexity index is 308. The first-order chi connectivity index (χ1) is 6.27. The predicted octanol–water partition coefficient (Wildman–Crippen LogP) is 3.19. The van der Waals surface area contributed by atoms with Gasteiger partial charge in [0, 0.05) is 18.8 Å². The van der Waals surface area contributed by atoms with E-state index in [1.807, 2.05) is 12.1 Å². The van der Waals surface area contributed by atoms with Crippen molar-refractivity contribution in [3.05, 3.63) is 28.5 Å². The van der Waals surface area contributed by atoms with Crippen LogP contribution in [0.5, 0.6) is 0 Å². The van der Waals surface area contributed by atoms with Gasteiger partial charge in [-0.15, -0.1) is 0 Å². The summed E-state index contributed by atoms with van der Waals surface area (Å²) >= 11 is 3.19. The van der Waals surface area contributed by atoms with E-state index in [0.717, 1.165) is 18.8 Å². The summed E-state index contributed by atoms with van der Waals surface area (Å²) in [6.07, 6.45) is 2.49. The lowest BCUT2D eigenvalue weighted by Crippen LogP contribution is -2.17. The number of hydrogen-bond donors (Lipinski definition) is 0. The average Bonchev–Trinajstić information content (AvgIpc) is 2.62. The van der Waals surface area contributed by atoms with Crippen molar-refractivity contribution in [3.63, 3.8) is 0 Å². The fourth-order valence-corrected chi connectivity index (χ4v) is 2.02. The van der Waals surface area contributed by atoms with Crippen LogP contribution in [-0.4, -0.2) is 13.1 Å². The van der Waals surface area contributed by atoms with Gasteiger partial charge in [-0.05, 0) is 47.0 Å². The topological polar surface area (TPSA) is 3.24 Å². The van der Waals surface area contributed by atoms with Gasteiger partial charge >= 0.3 is 0 Å². The first kappa shape index (κ1) is 9.00. The molecule has 2 rings (SSSR count). The van der Waals surface area contributed by atoms with Crippen molar-refractivity contribution in [1.29, 1.82) is 0 Å². The van der Waals surface area contributed by atoms with Crippen LogP contribution >= 0.6 is 15.9 Å². The third-order valence-corrected chi connectivity index (χ3v) is 2.98. The molecule has 0 aromatic heterocycles. The highest BCUT2D eigenvalue weighted by Crippen LogP contribution is 2.25. The summed E-state index contributed by atoms with van der Waals surface area (Å²) in [7, 11) is 0. The van der Waals surface area contributed by atoms with Crippen molar-refractivity contribution in [2.24, 2.45) is 0 Å². The fraction of sp³-hybridized carbons (Fsp3) is 0.400. The van der Waals surface area contributed by atoms with Crippen LogP contribution in [0.2, 0.25) is 0 Å². The van der Waals surface area contributed by atoms with E-state index in [9.17, 15) is 4.39 Å². The van der Waals surface area contributed by atoms with E-state index in [1.165, 1.54) is 18.9 Å². The van der Waals surface area contributed by atoms with E-state index < -0.39 is 0 Å². The van der Waals surface area contributed by atoms with E-state index in [4.69, 9.17) is 0 Å². The van der Waals surface area contributed by atoms with Crippen molar-refractivity contribution in [2.75, 3.05) is 18.0 Å². The van der Waals surface area contributed by atoms with Crippen molar-refractivity contribution >= 4 is 21.6 Å². The molecule has 1 fully saturated rings. The summed E-state index contributed by atoms with van der Waals surface area (Å²) in [5.41, 5.74) is 1.12. The Balaban J connectivity index is 2.25. The molecule has 0 atom stereocenters. The maximum Gasteiger partial charge on any atom is 0.137 e. The van der Waals surface area contributed by atoms with Gasteiger partial charge in [-0.1, -0.05) is 0 Å². The van der Waals surface area contributed by atoms with Gasteiger partial charge in [-0.3, -0.25) is 0 Å². The molecular weight excluding hydrogens is 233 g/mol. The summed E-state index contributed by atoms with van der Waals surface area (Å²) in [6.45, 7) is 2.19. The molecule has 1 aliphatic rings. The summed E-state index contributed by atoms with van der Waals surface area (Å²) in [6, 6.07) is 5.20. The van der Waals surface area contributed by atoms with Gasteiger partial charge in [0.05, 0.1) is 4.47 Å². The molecule has 0 N–H and O–H groups in total. The maximum absolute atomic E-state index is 12.9. The molecule has 0 bridgehead atoms. The molecule has 1 heterocycles. The molecule has 13 heavy (non-hydrogen) atoms. The standard InChI is InChI=1S/C10H11BrFN/c11-9-7-8(3-4-10(9)12)13-5-1-2-6-13/h3-4,7H,1-2,5-6H2. The Hall–Kier alpha value is -0.570. The lowest BCUT2D eigenvalue weighted by molar-refractivity contribution is 0.621. The molecule has 1 aromatic rings. The third-order valence-electron chi connectivity index (χ3n) is 2.37. The molecule has 0 unspecified atom stereocenters. The van der Waals surface area contributed by atoms with Gasteiger partial charge in [0.15, 0.2) is 0 Å². The Morgan fingerprint density at radius 3 is 2.54 bits per heavy atom. The van der Waals surface area contributed by atoms with Gasteiger partial charge in [0.1, 0.15) is 5.82 Å². The molecule has 1 aromatic carbocycles. The number of benzene rings is 1. The smallest absolute Gasteiger partial charge is 0.137 e. The van der Waals surface area contributed by atoms with Crippen LogP contribution in [0.15, 0.2) is 22.7 Å². The van der Waals surface area contributed by atoms with Crippen LogP contribution in [0.4, 0.5) is 10.1 Å². The molecule has 0 radical (unpaired) electrons. The first-order valence-corrected chi connectivity index (χ1v) is 5.27. The largest absolute Gasteiger partial charge is 0.372 e. The molecule has 1 saturated heterocycles. The monoisotopic (exact) mass is 243 g/mol. The molecule has 0 saturated carbocycles. The minimum atomic E-state index is -0.192. The highest BCUT2D eigenvalue weighted by molar-refractivity contribution is 9.10. The molecule has 70 valence electrons. The molecule has 3 heteroatoms. The number of rotatable bonds is 1. The van der Waals surface area contributed by atoms with Crippen LogP contribution in [0, 0.1) is 5.82 Å². The van der Waals surface area contributed by atoms with Crippen LogP contribution in [0.25, 0.3) is 0 Å². The van der Waals surface area contributed by atoms with Crippen LogP contribution < -0.4 is 4.90 Å². The molecule has 1 nitrogen and oxygen atoms in total. The van der Waals surface area contributed by atoms with Crippen LogP contribution in [-0.2, 0) is 0 Å². The molecule has 0 spiro atoms. The minimum Gasteiger partial charge on any atom is -0.372 e. The van der Waals surface area contributed by atoms with E-state index >= 15 is 0 Å². The van der Waals surface area contributed by atoms with Crippen molar-refractivity contribution in [1.82, 2.24) is 0 Å². The van der Waals surface area contributed by atoms with E-state index in [1.54, 1.807) is 0 Å². The number of nitrogens with zero attached hydrogens (tertiary/aromatic N) is 1.